The smallest absolute Gasteiger partial charge is 0.282 e. The summed E-state index contributed by atoms with van der Waals surface area (Å²) in [4.78, 5) is 15.9. The first-order valence-electron chi connectivity index (χ1n) is 9.70. The molecule has 0 saturated heterocycles. The van der Waals surface area contributed by atoms with Crippen molar-refractivity contribution in [2.45, 2.75) is 0 Å². The zero-order chi connectivity index (χ0) is 21.2. The monoisotopic (exact) mass is 423 g/mol. The molecule has 1 N–H and O–H groups in total. The zero-order valence-electron chi connectivity index (χ0n) is 16.3. The number of H-pyrrole nitrogens is 1. The molecule has 0 radical (unpaired) electrons. The van der Waals surface area contributed by atoms with Crippen LogP contribution in [0.1, 0.15) is 5.56 Å². The SMILES string of the molecule is O=c1c2ccccc2[nH]c(=S)n1N=Cc1cn(-c2ccccc2)nc1-c1ccccc1. The summed E-state index contributed by atoms with van der Waals surface area (Å²) in [6.07, 6.45) is 3.51. The molecular weight excluding hydrogens is 406 g/mol. The van der Waals surface area contributed by atoms with Crippen molar-refractivity contribution in [2.75, 3.05) is 0 Å². The van der Waals surface area contributed by atoms with Gasteiger partial charge in [-0.1, -0.05) is 60.7 Å². The summed E-state index contributed by atoms with van der Waals surface area (Å²) in [6, 6.07) is 26.9. The van der Waals surface area contributed by atoms with E-state index in [1.165, 1.54) is 4.68 Å². The molecule has 0 atom stereocenters. The summed E-state index contributed by atoms with van der Waals surface area (Å²) in [6.45, 7) is 0. The lowest BCUT2D eigenvalue weighted by molar-refractivity contribution is 0.800. The van der Waals surface area contributed by atoms with Crippen molar-refractivity contribution in [3.63, 3.8) is 0 Å². The number of aromatic nitrogens is 4. The fraction of sp³-hybridized carbons (Fsp3) is 0. The molecule has 3 aromatic carbocycles. The lowest BCUT2D eigenvalue weighted by Crippen LogP contribution is -2.18. The van der Waals surface area contributed by atoms with Crippen molar-refractivity contribution >= 4 is 29.3 Å². The van der Waals surface area contributed by atoms with Gasteiger partial charge in [0.25, 0.3) is 5.56 Å². The second-order valence-electron chi connectivity index (χ2n) is 6.92. The maximum absolute atomic E-state index is 12.9. The van der Waals surface area contributed by atoms with Gasteiger partial charge in [0.05, 0.1) is 22.8 Å². The third-order valence-corrected chi connectivity index (χ3v) is 5.18. The van der Waals surface area contributed by atoms with Gasteiger partial charge in [-0.25, -0.2) is 4.68 Å². The fourth-order valence-corrected chi connectivity index (χ4v) is 3.63. The first-order chi connectivity index (χ1) is 15.2. The molecule has 2 heterocycles. The minimum absolute atomic E-state index is 0.233. The van der Waals surface area contributed by atoms with Gasteiger partial charge < -0.3 is 4.98 Å². The number of benzene rings is 3. The zero-order valence-corrected chi connectivity index (χ0v) is 17.2. The minimum Gasteiger partial charge on any atom is -0.330 e. The van der Waals surface area contributed by atoms with Gasteiger partial charge in [0.2, 0.25) is 4.77 Å². The number of aromatic amines is 1. The van der Waals surface area contributed by atoms with Crippen LogP contribution in [-0.4, -0.2) is 25.7 Å². The third kappa shape index (κ3) is 3.62. The van der Waals surface area contributed by atoms with E-state index in [0.29, 0.717) is 10.9 Å². The van der Waals surface area contributed by atoms with E-state index in [2.05, 4.69) is 10.1 Å². The van der Waals surface area contributed by atoms with Crippen LogP contribution >= 0.6 is 12.2 Å². The van der Waals surface area contributed by atoms with Gasteiger partial charge in [-0.2, -0.15) is 14.9 Å². The number of fused-ring (bicyclic) bond motifs is 1. The van der Waals surface area contributed by atoms with Crippen molar-refractivity contribution < 1.29 is 0 Å². The molecule has 7 heteroatoms. The van der Waals surface area contributed by atoms with E-state index in [1.807, 2.05) is 85.1 Å². The lowest BCUT2D eigenvalue weighted by Gasteiger charge is -2.02. The van der Waals surface area contributed by atoms with Crippen molar-refractivity contribution in [1.82, 2.24) is 19.4 Å². The van der Waals surface area contributed by atoms with E-state index in [-0.39, 0.29) is 10.3 Å². The van der Waals surface area contributed by atoms with Crippen LogP contribution in [0.2, 0.25) is 0 Å². The molecule has 5 aromatic rings. The molecule has 0 amide bonds. The molecular formula is C24H17N5OS. The number of para-hydroxylation sites is 2. The van der Waals surface area contributed by atoms with Gasteiger partial charge in [0, 0.05) is 17.3 Å². The molecule has 2 aromatic heterocycles. The number of hydrogen-bond donors (Lipinski definition) is 1. The summed E-state index contributed by atoms with van der Waals surface area (Å²) < 4.78 is 3.23. The number of nitrogens with zero attached hydrogens (tertiary/aromatic N) is 4. The highest BCUT2D eigenvalue weighted by molar-refractivity contribution is 7.71. The van der Waals surface area contributed by atoms with Crippen LogP contribution in [0, 0.1) is 4.77 Å². The van der Waals surface area contributed by atoms with E-state index in [9.17, 15) is 4.79 Å². The molecule has 0 aliphatic heterocycles. The van der Waals surface area contributed by atoms with Crippen molar-refractivity contribution in [1.29, 1.82) is 0 Å². The predicted octanol–water partition coefficient (Wildman–Crippen LogP) is 4.79. The van der Waals surface area contributed by atoms with Gasteiger partial charge in [0.1, 0.15) is 5.69 Å². The number of rotatable bonds is 4. The van der Waals surface area contributed by atoms with E-state index < -0.39 is 0 Å². The van der Waals surface area contributed by atoms with Crippen LogP contribution in [0.25, 0.3) is 27.8 Å². The predicted molar refractivity (Wildman–Crippen MR) is 125 cm³/mol. The molecule has 0 aliphatic rings. The Hall–Kier alpha value is -4.10. The van der Waals surface area contributed by atoms with Crippen LogP contribution in [0.3, 0.4) is 0 Å². The van der Waals surface area contributed by atoms with Crippen LogP contribution in [0.5, 0.6) is 0 Å². The highest BCUT2D eigenvalue weighted by Gasteiger charge is 2.11. The maximum Gasteiger partial charge on any atom is 0.282 e. The standard InChI is InChI=1S/C24H17N5OS/c30-23-20-13-7-8-14-21(20)26-24(31)29(23)25-15-18-16-28(19-11-5-2-6-12-19)27-22(18)17-9-3-1-4-10-17/h1-16H,(H,26,31). The summed E-state index contributed by atoms with van der Waals surface area (Å²) >= 11 is 5.36. The highest BCUT2D eigenvalue weighted by Crippen LogP contribution is 2.22. The second-order valence-corrected chi connectivity index (χ2v) is 7.30. The largest absolute Gasteiger partial charge is 0.330 e. The van der Waals surface area contributed by atoms with Crippen LogP contribution in [0.15, 0.2) is 101 Å². The number of hydrogen-bond acceptors (Lipinski definition) is 4. The molecule has 0 spiro atoms. The summed E-state index contributed by atoms with van der Waals surface area (Å²) in [5.74, 6) is 0. The molecule has 0 saturated carbocycles. The quantitative estimate of drug-likeness (QED) is 0.334. The fourth-order valence-electron chi connectivity index (χ4n) is 3.39. The van der Waals surface area contributed by atoms with Gasteiger partial charge in [0.15, 0.2) is 0 Å². The molecule has 31 heavy (non-hydrogen) atoms. The Morgan fingerprint density at radius 1 is 0.903 bits per heavy atom. The van der Waals surface area contributed by atoms with Crippen molar-refractivity contribution in [3.05, 3.63) is 112 Å². The molecule has 6 nitrogen and oxygen atoms in total. The maximum atomic E-state index is 12.9. The molecule has 0 unspecified atom stereocenters. The molecule has 0 bridgehead atoms. The van der Waals surface area contributed by atoms with Crippen molar-refractivity contribution in [3.8, 4) is 16.9 Å². The van der Waals surface area contributed by atoms with Gasteiger partial charge >= 0.3 is 0 Å². The Morgan fingerprint density at radius 3 is 2.35 bits per heavy atom. The van der Waals surface area contributed by atoms with E-state index in [1.54, 1.807) is 17.0 Å². The van der Waals surface area contributed by atoms with Crippen LogP contribution in [-0.2, 0) is 0 Å². The molecule has 150 valence electrons. The third-order valence-electron chi connectivity index (χ3n) is 4.91. The van der Waals surface area contributed by atoms with Crippen LogP contribution < -0.4 is 5.56 Å². The normalized spacial score (nSPS) is 11.4. The van der Waals surface area contributed by atoms with Gasteiger partial charge in [-0.15, -0.1) is 0 Å². The summed E-state index contributed by atoms with van der Waals surface area (Å²) in [7, 11) is 0. The molecule has 5 rings (SSSR count). The summed E-state index contributed by atoms with van der Waals surface area (Å²) in [5.41, 5.74) is 3.83. The Labute approximate surface area is 182 Å². The van der Waals surface area contributed by atoms with Gasteiger partial charge in [-0.3, -0.25) is 4.79 Å². The number of nitrogens with one attached hydrogen (secondary N) is 1. The highest BCUT2D eigenvalue weighted by atomic mass is 32.1. The Balaban J connectivity index is 1.65. The minimum atomic E-state index is -0.271. The van der Waals surface area contributed by atoms with E-state index in [0.717, 1.165) is 22.5 Å². The van der Waals surface area contributed by atoms with Gasteiger partial charge in [-0.05, 0) is 36.5 Å². The Bertz CT molecular complexity index is 1510. The molecule has 0 fully saturated rings. The topological polar surface area (TPSA) is 68.0 Å². The average molecular weight is 424 g/mol. The molecule has 0 aliphatic carbocycles. The van der Waals surface area contributed by atoms with Crippen molar-refractivity contribution in [2.24, 2.45) is 5.10 Å². The first kappa shape index (κ1) is 18.9. The van der Waals surface area contributed by atoms with E-state index in [4.69, 9.17) is 17.3 Å². The van der Waals surface area contributed by atoms with Crippen LogP contribution in [0.4, 0.5) is 0 Å². The Kier molecular flexibility index (Phi) is 4.86. The second kappa shape index (κ2) is 7.97. The average Bonchev–Trinajstić information content (AvgIpc) is 3.24. The van der Waals surface area contributed by atoms with E-state index >= 15 is 0 Å². The first-order valence-corrected chi connectivity index (χ1v) is 10.1. The lowest BCUT2D eigenvalue weighted by atomic mass is 10.1. The summed E-state index contributed by atoms with van der Waals surface area (Å²) in [5, 5.41) is 9.70. The Morgan fingerprint density at radius 2 is 1.58 bits per heavy atom.